The summed E-state index contributed by atoms with van der Waals surface area (Å²) in [6.07, 6.45) is 2.52. The first-order valence-corrected chi connectivity index (χ1v) is 8.07. The molecular formula is C15H26N4O2. The van der Waals surface area contributed by atoms with Crippen molar-refractivity contribution in [2.45, 2.75) is 19.3 Å². The van der Waals surface area contributed by atoms with Crippen LogP contribution in [0.15, 0.2) is 0 Å². The van der Waals surface area contributed by atoms with Gasteiger partial charge in [-0.05, 0) is 19.9 Å². The minimum absolute atomic E-state index is 0.189. The van der Waals surface area contributed by atoms with E-state index in [9.17, 15) is 9.59 Å². The lowest BCUT2D eigenvalue weighted by atomic mass is 9.80. The molecule has 0 aromatic carbocycles. The molecule has 0 bridgehead atoms. The van der Waals surface area contributed by atoms with Crippen molar-refractivity contribution >= 4 is 11.8 Å². The van der Waals surface area contributed by atoms with Crippen molar-refractivity contribution in [2.24, 2.45) is 11.3 Å². The van der Waals surface area contributed by atoms with Crippen LogP contribution in [0.25, 0.3) is 0 Å². The molecule has 0 aromatic rings. The predicted molar refractivity (Wildman–Crippen MR) is 79.7 cm³/mol. The first kappa shape index (κ1) is 14.8. The molecule has 0 saturated carbocycles. The molecule has 0 unspecified atom stereocenters. The van der Waals surface area contributed by atoms with Gasteiger partial charge in [0.1, 0.15) is 0 Å². The highest BCUT2D eigenvalue weighted by atomic mass is 16.2. The van der Waals surface area contributed by atoms with E-state index in [-0.39, 0.29) is 17.2 Å². The van der Waals surface area contributed by atoms with Crippen LogP contribution in [0.5, 0.6) is 0 Å². The number of nitrogens with zero attached hydrogens (tertiary/aromatic N) is 2. The summed E-state index contributed by atoms with van der Waals surface area (Å²) in [6, 6.07) is 0. The van der Waals surface area contributed by atoms with Crippen LogP contribution in [-0.4, -0.2) is 74.5 Å². The summed E-state index contributed by atoms with van der Waals surface area (Å²) in [4.78, 5) is 28.3. The average Bonchev–Trinajstić information content (AvgIpc) is 3.09. The van der Waals surface area contributed by atoms with Gasteiger partial charge >= 0.3 is 0 Å². The zero-order chi connectivity index (χ0) is 14.9. The van der Waals surface area contributed by atoms with E-state index in [1.54, 1.807) is 0 Å². The van der Waals surface area contributed by atoms with E-state index in [1.165, 1.54) is 0 Å². The lowest BCUT2D eigenvalue weighted by Gasteiger charge is -2.26. The first-order chi connectivity index (χ1) is 10.1. The van der Waals surface area contributed by atoms with E-state index in [1.807, 2.05) is 4.90 Å². The van der Waals surface area contributed by atoms with Gasteiger partial charge in [-0.1, -0.05) is 0 Å². The SMILES string of the molecule is CN1C[C@H]2CNC[C@@]2(C(=O)NCCCN2CCCC2=O)C1. The van der Waals surface area contributed by atoms with Crippen molar-refractivity contribution in [2.75, 3.05) is 52.9 Å². The molecule has 6 heteroatoms. The highest BCUT2D eigenvalue weighted by Gasteiger charge is 2.53. The molecule has 0 radical (unpaired) electrons. The second-order valence-electron chi connectivity index (χ2n) is 6.77. The molecule has 3 fully saturated rings. The molecule has 0 spiro atoms. The number of hydrogen-bond donors (Lipinski definition) is 2. The zero-order valence-corrected chi connectivity index (χ0v) is 12.9. The number of amides is 2. The van der Waals surface area contributed by atoms with Crippen LogP contribution in [0.4, 0.5) is 0 Å². The maximum Gasteiger partial charge on any atom is 0.229 e. The number of nitrogens with one attached hydrogen (secondary N) is 2. The van der Waals surface area contributed by atoms with E-state index in [0.717, 1.165) is 52.1 Å². The van der Waals surface area contributed by atoms with Gasteiger partial charge in [0, 0.05) is 58.2 Å². The molecule has 118 valence electrons. The third kappa shape index (κ3) is 2.79. The standard InChI is InChI=1S/C15H26N4O2/c1-18-9-12-8-16-10-15(12,11-18)14(21)17-5-3-7-19-6-2-4-13(19)20/h12,16H,2-11H2,1H3,(H,17,21)/t12-,15-/m1/s1. The molecule has 3 rings (SSSR count). The molecule has 2 amide bonds. The van der Waals surface area contributed by atoms with Gasteiger partial charge in [0.15, 0.2) is 0 Å². The molecule has 21 heavy (non-hydrogen) atoms. The van der Waals surface area contributed by atoms with E-state index >= 15 is 0 Å². The van der Waals surface area contributed by atoms with Gasteiger partial charge in [0.25, 0.3) is 0 Å². The van der Waals surface area contributed by atoms with Crippen LogP contribution in [-0.2, 0) is 9.59 Å². The maximum absolute atomic E-state index is 12.6. The Labute approximate surface area is 126 Å². The van der Waals surface area contributed by atoms with Crippen LogP contribution in [0.2, 0.25) is 0 Å². The van der Waals surface area contributed by atoms with E-state index in [2.05, 4.69) is 22.6 Å². The first-order valence-electron chi connectivity index (χ1n) is 8.07. The van der Waals surface area contributed by atoms with Gasteiger partial charge in [0.05, 0.1) is 5.41 Å². The Balaban J connectivity index is 1.45. The van der Waals surface area contributed by atoms with Gasteiger partial charge in [0.2, 0.25) is 11.8 Å². The van der Waals surface area contributed by atoms with Crippen molar-refractivity contribution in [1.82, 2.24) is 20.4 Å². The molecular weight excluding hydrogens is 268 g/mol. The van der Waals surface area contributed by atoms with Gasteiger partial charge in [-0.25, -0.2) is 0 Å². The Morgan fingerprint density at radius 1 is 1.52 bits per heavy atom. The molecule has 3 aliphatic heterocycles. The third-order valence-electron chi connectivity index (χ3n) is 5.21. The third-order valence-corrected chi connectivity index (χ3v) is 5.21. The fraction of sp³-hybridized carbons (Fsp3) is 0.867. The molecule has 2 N–H and O–H groups in total. The van der Waals surface area contributed by atoms with Crippen molar-refractivity contribution in [3.63, 3.8) is 0 Å². The van der Waals surface area contributed by atoms with Crippen LogP contribution in [0.1, 0.15) is 19.3 Å². The fourth-order valence-corrected chi connectivity index (χ4v) is 4.08. The zero-order valence-electron chi connectivity index (χ0n) is 12.9. The van der Waals surface area contributed by atoms with Gasteiger partial charge in [-0.3, -0.25) is 9.59 Å². The quantitative estimate of drug-likeness (QED) is 0.656. The van der Waals surface area contributed by atoms with Crippen molar-refractivity contribution in [3.8, 4) is 0 Å². The molecule has 2 atom stereocenters. The molecule has 0 aliphatic carbocycles. The number of hydrogen-bond acceptors (Lipinski definition) is 4. The number of fused-ring (bicyclic) bond motifs is 1. The number of likely N-dealkylation sites (tertiary alicyclic amines) is 2. The van der Waals surface area contributed by atoms with Crippen molar-refractivity contribution in [1.29, 1.82) is 0 Å². The molecule has 3 aliphatic rings. The molecule has 3 heterocycles. The predicted octanol–water partition coefficient (Wildman–Crippen LogP) is -0.734. The Morgan fingerprint density at radius 3 is 3.14 bits per heavy atom. The summed E-state index contributed by atoms with van der Waals surface area (Å²) in [5, 5.41) is 6.47. The number of carbonyl (C=O) groups is 2. The summed E-state index contributed by atoms with van der Waals surface area (Å²) in [6.45, 7) is 5.91. The Kier molecular flexibility index (Phi) is 4.17. The average molecular weight is 294 g/mol. The summed E-state index contributed by atoms with van der Waals surface area (Å²) in [5.41, 5.74) is -0.238. The minimum atomic E-state index is -0.238. The van der Waals surface area contributed by atoms with Gasteiger partial charge < -0.3 is 20.4 Å². The second kappa shape index (κ2) is 5.93. The summed E-state index contributed by atoms with van der Waals surface area (Å²) >= 11 is 0. The van der Waals surface area contributed by atoms with Gasteiger partial charge in [-0.15, -0.1) is 0 Å². The topological polar surface area (TPSA) is 64.7 Å². The molecule has 0 aromatic heterocycles. The van der Waals surface area contributed by atoms with Crippen molar-refractivity contribution < 1.29 is 9.59 Å². The molecule has 3 saturated heterocycles. The van der Waals surface area contributed by atoms with Crippen LogP contribution in [0.3, 0.4) is 0 Å². The number of carbonyl (C=O) groups excluding carboxylic acids is 2. The maximum atomic E-state index is 12.6. The Morgan fingerprint density at radius 2 is 2.38 bits per heavy atom. The summed E-state index contributed by atoms with van der Waals surface area (Å²) in [5.74, 6) is 0.884. The Hall–Kier alpha value is -1.14. The lowest BCUT2D eigenvalue weighted by molar-refractivity contribution is -0.130. The second-order valence-corrected chi connectivity index (χ2v) is 6.77. The number of rotatable bonds is 5. The van der Waals surface area contributed by atoms with Crippen LogP contribution < -0.4 is 10.6 Å². The van der Waals surface area contributed by atoms with Crippen LogP contribution >= 0.6 is 0 Å². The van der Waals surface area contributed by atoms with E-state index < -0.39 is 0 Å². The highest BCUT2D eigenvalue weighted by molar-refractivity contribution is 5.84. The lowest BCUT2D eigenvalue weighted by Crippen LogP contribution is -2.47. The normalized spacial score (nSPS) is 32.7. The largest absolute Gasteiger partial charge is 0.355 e. The molecule has 6 nitrogen and oxygen atoms in total. The minimum Gasteiger partial charge on any atom is -0.355 e. The smallest absolute Gasteiger partial charge is 0.229 e. The monoisotopic (exact) mass is 294 g/mol. The Bertz CT molecular complexity index is 428. The van der Waals surface area contributed by atoms with E-state index in [0.29, 0.717) is 18.9 Å². The highest BCUT2D eigenvalue weighted by Crippen LogP contribution is 2.38. The fourth-order valence-electron chi connectivity index (χ4n) is 4.08. The van der Waals surface area contributed by atoms with Gasteiger partial charge in [-0.2, -0.15) is 0 Å². The summed E-state index contributed by atoms with van der Waals surface area (Å²) < 4.78 is 0. The summed E-state index contributed by atoms with van der Waals surface area (Å²) in [7, 11) is 2.09. The van der Waals surface area contributed by atoms with Crippen molar-refractivity contribution in [3.05, 3.63) is 0 Å². The van der Waals surface area contributed by atoms with E-state index in [4.69, 9.17) is 0 Å². The van der Waals surface area contributed by atoms with Crippen LogP contribution in [0, 0.1) is 11.3 Å².